The van der Waals surface area contributed by atoms with Crippen LogP contribution in [0.3, 0.4) is 0 Å². The molecule has 1 aromatic rings. The minimum absolute atomic E-state index is 0.0841. The summed E-state index contributed by atoms with van der Waals surface area (Å²) in [4.78, 5) is 38.1. The molecule has 0 unspecified atom stereocenters. The van der Waals surface area contributed by atoms with Crippen molar-refractivity contribution in [1.29, 1.82) is 0 Å². The number of halogens is 1. The van der Waals surface area contributed by atoms with Crippen molar-refractivity contribution >= 4 is 29.4 Å². The Balaban J connectivity index is 1.66. The van der Waals surface area contributed by atoms with Crippen LogP contribution in [0.2, 0.25) is 0 Å². The monoisotopic (exact) mass is 463 g/mol. The highest BCUT2D eigenvalue weighted by molar-refractivity contribution is 6.15. The second kappa shape index (κ2) is 9.29. The van der Waals surface area contributed by atoms with Gasteiger partial charge in [0.25, 0.3) is 5.79 Å². The maximum atomic E-state index is 14.6. The average molecular weight is 464 g/mol. The van der Waals surface area contributed by atoms with Gasteiger partial charge in [0.2, 0.25) is 0 Å². The largest absolute Gasteiger partial charge is 0.444 e. The number of likely N-dealkylation sites (tertiary alicyclic amines) is 1. The highest BCUT2D eigenvalue weighted by Gasteiger charge is 2.39. The van der Waals surface area contributed by atoms with Crippen molar-refractivity contribution in [2.24, 2.45) is 0 Å². The Morgan fingerprint density at radius 2 is 1.79 bits per heavy atom. The average Bonchev–Trinajstić information content (AvgIpc) is 2.68. The highest BCUT2D eigenvalue weighted by atomic mass is 19.1. The quantitative estimate of drug-likeness (QED) is 0.395. The van der Waals surface area contributed by atoms with E-state index in [1.807, 2.05) is 20.8 Å². The Labute approximate surface area is 192 Å². The summed E-state index contributed by atoms with van der Waals surface area (Å²) in [6.07, 6.45) is 1.98. The molecular formula is C23H30FN3O6. The molecule has 2 saturated heterocycles. The molecule has 1 aromatic carbocycles. The van der Waals surface area contributed by atoms with Crippen molar-refractivity contribution in [3.8, 4) is 0 Å². The van der Waals surface area contributed by atoms with Crippen LogP contribution >= 0.6 is 0 Å². The summed E-state index contributed by atoms with van der Waals surface area (Å²) >= 11 is 0. The number of hydrogen-bond acceptors (Lipinski definition) is 8. The van der Waals surface area contributed by atoms with Gasteiger partial charge in [-0.1, -0.05) is 6.07 Å². The molecule has 180 valence electrons. The van der Waals surface area contributed by atoms with Crippen LogP contribution in [-0.4, -0.2) is 53.5 Å². The van der Waals surface area contributed by atoms with E-state index >= 15 is 0 Å². The number of nitrogens with one attached hydrogen (secondary N) is 2. The van der Waals surface area contributed by atoms with Gasteiger partial charge in [0.1, 0.15) is 11.4 Å². The molecule has 0 bridgehead atoms. The van der Waals surface area contributed by atoms with E-state index < -0.39 is 29.1 Å². The minimum atomic E-state index is -1.34. The zero-order chi connectivity index (χ0) is 24.4. The molecule has 3 rings (SSSR count). The molecule has 1 amide bonds. The van der Waals surface area contributed by atoms with Crippen molar-refractivity contribution < 1.29 is 33.0 Å². The lowest BCUT2D eigenvalue weighted by Gasteiger charge is -2.34. The smallest absolute Gasteiger partial charge is 0.410 e. The van der Waals surface area contributed by atoms with Crippen LogP contribution in [0.4, 0.5) is 20.6 Å². The number of anilines is 2. The SMILES string of the molecule is CC(C)(C)OC(=O)N1CCC(Nc2c(F)cccc2NC=C2C(=O)OC(C)(C)OC2=O)CC1. The number of benzene rings is 1. The summed E-state index contributed by atoms with van der Waals surface area (Å²) in [7, 11) is 0. The molecule has 2 heterocycles. The third-order valence-corrected chi connectivity index (χ3v) is 5.00. The number of carbonyl (C=O) groups is 3. The predicted octanol–water partition coefficient (Wildman–Crippen LogP) is 3.77. The normalized spacial score (nSPS) is 18.8. The molecular weight excluding hydrogens is 433 g/mol. The van der Waals surface area contributed by atoms with Gasteiger partial charge >= 0.3 is 18.0 Å². The molecule has 2 aliphatic heterocycles. The number of rotatable bonds is 4. The van der Waals surface area contributed by atoms with E-state index in [1.54, 1.807) is 11.0 Å². The lowest BCUT2D eigenvalue weighted by molar-refractivity contribution is -0.222. The topological polar surface area (TPSA) is 106 Å². The zero-order valence-corrected chi connectivity index (χ0v) is 19.5. The number of hydrogen-bond donors (Lipinski definition) is 2. The van der Waals surface area contributed by atoms with E-state index in [2.05, 4.69) is 10.6 Å². The minimum Gasteiger partial charge on any atom is -0.444 e. The van der Waals surface area contributed by atoms with Gasteiger partial charge in [-0.25, -0.2) is 18.8 Å². The fourth-order valence-electron chi connectivity index (χ4n) is 3.46. The Bertz CT molecular complexity index is 939. The fourth-order valence-corrected chi connectivity index (χ4v) is 3.46. The first kappa shape index (κ1) is 24.3. The maximum Gasteiger partial charge on any atom is 0.410 e. The van der Waals surface area contributed by atoms with Crippen molar-refractivity contribution in [3.63, 3.8) is 0 Å². The van der Waals surface area contributed by atoms with Gasteiger partial charge in [0.15, 0.2) is 5.57 Å². The molecule has 0 spiro atoms. The second-order valence-corrected chi connectivity index (χ2v) is 9.43. The summed E-state index contributed by atoms with van der Waals surface area (Å²) in [5.74, 6) is -3.50. The number of amides is 1. The molecule has 2 fully saturated rings. The molecule has 0 radical (unpaired) electrons. The summed E-state index contributed by atoms with van der Waals surface area (Å²) in [6.45, 7) is 9.30. The Kier molecular flexibility index (Phi) is 6.85. The number of nitrogens with zero attached hydrogens (tertiary/aromatic N) is 1. The van der Waals surface area contributed by atoms with Crippen molar-refractivity contribution in [2.45, 2.75) is 64.9 Å². The van der Waals surface area contributed by atoms with E-state index in [0.29, 0.717) is 31.6 Å². The summed E-state index contributed by atoms with van der Waals surface area (Å²) in [5, 5.41) is 5.97. The standard InChI is InChI=1S/C23H30FN3O6/c1-22(2,3)33-21(30)27-11-9-14(10-12-27)26-18-16(24)7-6-8-17(18)25-13-15-19(28)31-23(4,5)32-20(15)29/h6-8,13-14,25-26H,9-12H2,1-5H3. The summed E-state index contributed by atoms with van der Waals surface area (Å²) in [5.41, 5.74) is -0.359. The van der Waals surface area contributed by atoms with Gasteiger partial charge < -0.3 is 29.7 Å². The van der Waals surface area contributed by atoms with Crippen LogP contribution in [0, 0.1) is 5.82 Å². The van der Waals surface area contributed by atoms with Crippen molar-refractivity contribution in [1.82, 2.24) is 4.90 Å². The van der Waals surface area contributed by atoms with E-state index in [4.69, 9.17) is 14.2 Å². The second-order valence-electron chi connectivity index (χ2n) is 9.43. The maximum absolute atomic E-state index is 14.6. The number of esters is 2. The lowest BCUT2D eigenvalue weighted by Crippen LogP contribution is -2.44. The van der Waals surface area contributed by atoms with Crippen molar-refractivity contribution in [3.05, 3.63) is 35.8 Å². The molecule has 0 saturated carbocycles. The van der Waals surface area contributed by atoms with E-state index in [1.165, 1.54) is 26.0 Å². The zero-order valence-electron chi connectivity index (χ0n) is 19.5. The molecule has 0 aromatic heterocycles. The molecule has 2 aliphatic rings. The number of cyclic esters (lactones) is 2. The van der Waals surface area contributed by atoms with E-state index in [0.717, 1.165) is 6.20 Å². The van der Waals surface area contributed by atoms with Gasteiger partial charge in [0, 0.05) is 39.2 Å². The third-order valence-electron chi connectivity index (χ3n) is 5.00. The molecule has 0 aliphatic carbocycles. The van der Waals surface area contributed by atoms with E-state index in [9.17, 15) is 18.8 Å². The number of ether oxygens (including phenoxy) is 3. The van der Waals surface area contributed by atoms with Crippen LogP contribution in [0.25, 0.3) is 0 Å². The van der Waals surface area contributed by atoms with Crippen LogP contribution in [0.15, 0.2) is 30.0 Å². The summed E-state index contributed by atoms with van der Waals surface area (Å²) in [6, 6.07) is 4.34. The Morgan fingerprint density at radius 1 is 1.18 bits per heavy atom. The third kappa shape index (κ3) is 6.36. The van der Waals surface area contributed by atoms with Gasteiger partial charge in [0.05, 0.1) is 11.4 Å². The predicted molar refractivity (Wildman–Crippen MR) is 119 cm³/mol. The molecule has 10 heteroatoms. The van der Waals surface area contributed by atoms with Gasteiger partial charge in [-0.3, -0.25) is 0 Å². The van der Waals surface area contributed by atoms with Crippen LogP contribution in [0.1, 0.15) is 47.5 Å². The molecule has 33 heavy (non-hydrogen) atoms. The fraction of sp³-hybridized carbons (Fsp3) is 0.522. The first-order valence-electron chi connectivity index (χ1n) is 10.8. The van der Waals surface area contributed by atoms with Crippen LogP contribution in [-0.2, 0) is 23.8 Å². The number of carbonyl (C=O) groups excluding carboxylic acids is 3. The first-order valence-corrected chi connectivity index (χ1v) is 10.8. The van der Waals surface area contributed by atoms with Gasteiger partial charge in [-0.2, -0.15) is 0 Å². The molecule has 0 atom stereocenters. The number of para-hydroxylation sites is 1. The summed E-state index contributed by atoms with van der Waals surface area (Å²) < 4.78 is 30.1. The van der Waals surface area contributed by atoms with Crippen LogP contribution in [0.5, 0.6) is 0 Å². The molecule has 2 N–H and O–H groups in total. The Hall–Kier alpha value is -3.30. The van der Waals surface area contributed by atoms with Crippen molar-refractivity contribution in [2.75, 3.05) is 23.7 Å². The highest BCUT2D eigenvalue weighted by Crippen LogP contribution is 2.29. The van der Waals surface area contributed by atoms with Gasteiger partial charge in [-0.05, 0) is 45.7 Å². The van der Waals surface area contributed by atoms with E-state index in [-0.39, 0.29) is 23.4 Å². The Morgan fingerprint density at radius 3 is 2.36 bits per heavy atom. The van der Waals surface area contributed by atoms with Crippen LogP contribution < -0.4 is 10.6 Å². The lowest BCUT2D eigenvalue weighted by atomic mass is 10.0. The van der Waals surface area contributed by atoms with Gasteiger partial charge in [-0.15, -0.1) is 0 Å². The number of piperidine rings is 1. The first-order chi connectivity index (χ1) is 15.3. The molecule has 9 nitrogen and oxygen atoms in total.